The molecule has 9 heteroatoms. The van der Waals surface area contributed by atoms with E-state index in [4.69, 9.17) is 4.42 Å². The second kappa shape index (κ2) is 10.4. The highest BCUT2D eigenvalue weighted by atomic mass is 19.1. The Hall–Kier alpha value is -3.59. The van der Waals surface area contributed by atoms with Crippen molar-refractivity contribution in [2.24, 2.45) is 10.5 Å². The number of anilines is 1. The van der Waals surface area contributed by atoms with Gasteiger partial charge in [-0.3, -0.25) is 4.79 Å². The predicted molar refractivity (Wildman–Crippen MR) is 135 cm³/mol. The largest absolute Gasteiger partial charge is 0.469 e. The van der Waals surface area contributed by atoms with Gasteiger partial charge in [0, 0.05) is 19.2 Å². The number of nitrogens with zero attached hydrogens (tertiary/aromatic N) is 2. The predicted octanol–water partition coefficient (Wildman–Crippen LogP) is 5.38. The zero-order valence-electron chi connectivity index (χ0n) is 21.0. The van der Waals surface area contributed by atoms with Gasteiger partial charge in [-0.1, -0.05) is 26.0 Å². The number of benzene rings is 2. The average molecular weight is 514 g/mol. The molecule has 2 heterocycles. The summed E-state index contributed by atoms with van der Waals surface area (Å²) < 4.78 is 48.2. The van der Waals surface area contributed by atoms with Crippen molar-refractivity contribution in [3.8, 4) is 0 Å². The summed E-state index contributed by atoms with van der Waals surface area (Å²) in [5, 5.41) is 18.3. The first kappa shape index (κ1) is 26.5. The second-order valence-corrected chi connectivity index (χ2v) is 10.2. The Morgan fingerprint density at radius 3 is 2.46 bits per heavy atom. The van der Waals surface area contributed by atoms with E-state index >= 15 is 4.39 Å². The smallest absolute Gasteiger partial charge is 0.248 e. The fraction of sp³-hybridized carbons (Fsp3) is 0.357. The van der Waals surface area contributed by atoms with Gasteiger partial charge in [-0.15, -0.1) is 0 Å². The van der Waals surface area contributed by atoms with Crippen molar-refractivity contribution >= 4 is 17.3 Å². The molecule has 37 heavy (non-hydrogen) atoms. The van der Waals surface area contributed by atoms with Gasteiger partial charge in [-0.05, 0) is 67.1 Å². The molecule has 0 radical (unpaired) electrons. The summed E-state index contributed by atoms with van der Waals surface area (Å²) in [6.07, 6.45) is 2.75. The standard InChI is InChI=1S/C28H30F3N3O3/c1-27(2,17-35)13-5-14-32-26(36)28(3)24(23-6-4-15-37-23)25(18-7-9-19(29)10-8-18)33-34(28)22-12-11-20(30)16-21(22)31/h4,6-12,15-16,24,35H,5,13-14,17H2,1-3H3,(H,32,36). The van der Waals surface area contributed by atoms with Crippen molar-refractivity contribution in [2.45, 2.75) is 45.1 Å². The molecule has 3 aromatic rings. The normalized spacial score (nSPS) is 19.7. The SMILES string of the molecule is CC(C)(CO)CCCNC(=O)C1(C)C(c2ccco2)C(c2ccc(F)cc2)=NN1c1ccc(F)cc1F. The lowest BCUT2D eigenvalue weighted by atomic mass is 9.78. The minimum atomic E-state index is -1.52. The number of nitrogens with one attached hydrogen (secondary N) is 1. The van der Waals surface area contributed by atoms with Gasteiger partial charge >= 0.3 is 0 Å². The maximum atomic E-state index is 15.1. The van der Waals surface area contributed by atoms with Crippen LogP contribution in [0.15, 0.2) is 70.4 Å². The van der Waals surface area contributed by atoms with E-state index in [1.807, 2.05) is 13.8 Å². The summed E-state index contributed by atoms with van der Waals surface area (Å²) >= 11 is 0. The monoisotopic (exact) mass is 513 g/mol. The number of aliphatic hydroxyl groups is 1. The first-order chi connectivity index (χ1) is 17.6. The molecule has 0 saturated carbocycles. The van der Waals surface area contributed by atoms with Gasteiger partial charge < -0.3 is 14.8 Å². The molecule has 1 aliphatic heterocycles. The van der Waals surface area contributed by atoms with E-state index in [-0.39, 0.29) is 17.7 Å². The maximum Gasteiger partial charge on any atom is 0.248 e. The van der Waals surface area contributed by atoms with Gasteiger partial charge in [0.05, 0.1) is 23.6 Å². The van der Waals surface area contributed by atoms with Crippen LogP contribution in [0, 0.1) is 22.9 Å². The van der Waals surface area contributed by atoms with E-state index in [2.05, 4.69) is 10.4 Å². The number of hydrogen-bond acceptors (Lipinski definition) is 5. The van der Waals surface area contributed by atoms with Crippen molar-refractivity contribution in [1.29, 1.82) is 0 Å². The number of rotatable bonds is 9. The summed E-state index contributed by atoms with van der Waals surface area (Å²) in [7, 11) is 0. The van der Waals surface area contributed by atoms with Gasteiger partial charge in [0.1, 0.15) is 17.4 Å². The van der Waals surface area contributed by atoms with Gasteiger partial charge in [0.25, 0.3) is 0 Å². The zero-order valence-corrected chi connectivity index (χ0v) is 21.0. The summed E-state index contributed by atoms with van der Waals surface area (Å²) in [4.78, 5) is 13.9. The van der Waals surface area contributed by atoms with Gasteiger partial charge in [-0.25, -0.2) is 18.2 Å². The molecule has 4 rings (SSSR count). The second-order valence-electron chi connectivity index (χ2n) is 10.2. The third kappa shape index (κ3) is 5.27. The minimum Gasteiger partial charge on any atom is -0.469 e. The number of halogens is 3. The first-order valence-corrected chi connectivity index (χ1v) is 12.1. The average Bonchev–Trinajstić information content (AvgIpc) is 3.49. The van der Waals surface area contributed by atoms with Crippen molar-refractivity contribution in [3.05, 3.63) is 89.6 Å². The summed E-state index contributed by atoms with van der Waals surface area (Å²) in [5.74, 6) is -2.92. The van der Waals surface area contributed by atoms with Crippen LogP contribution >= 0.6 is 0 Å². The molecule has 0 bridgehead atoms. The lowest BCUT2D eigenvalue weighted by Crippen LogP contribution is -2.57. The van der Waals surface area contributed by atoms with Crippen LogP contribution in [0.4, 0.5) is 18.9 Å². The number of amides is 1. The van der Waals surface area contributed by atoms with Crippen molar-refractivity contribution in [1.82, 2.24) is 5.32 Å². The molecule has 2 N–H and O–H groups in total. The van der Waals surface area contributed by atoms with Crippen molar-refractivity contribution in [3.63, 3.8) is 0 Å². The summed E-state index contributed by atoms with van der Waals surface area (Å²) in [6, 6.07) is 12.1. The van der Waals surface area contributed by atoms with Crippen LogP contribution in [0.1, 0.15) is 50.9 Å². The van der Waals surface area contributed by atoms with E-state index in [0.717, 1.165) is 12.1 Å². The highest BCUT2D eigenvalue weighted by molar-refractivity contribution is 6.13. The molecular weight excluding hydrogens is 483 g/mol. The Morgan fingerprint density at radius 2 is 1.84 bits per heavy atom. The van der Waals surface area contributed by atoms with Crippen molar-refractivity contribution < 1.29 is 27.5 Å². The molecule has 1 aromatic heterocycles. The van der Waals surface area contributed by atoms with E-state index in [9.17, 15) is 18.7 Å². The minimum absolute atomic E-state index is 0.0196. The maximum absolute atomic E-state index is 15.1. The van der Waals surface area contributed by atoms with Crippen LogP contribution in [0.25, 0.3) is 0 Å². The van der Waals surface area contributed by atoms with Gasteiger partial charge in [0.15, 0.2) is 11.4 Å². The quantitative estimate of drug-likeness (QED) is 0.377. The topological polar surface area (TPSA) is 78.1 Å². The number of carbonyl (C=O) groups is 1. The molecule has 0 saturated heterocycles. The molecular formula is C28H30F3N3O3. The summed E-state index contributed by atoms with van der Waals surface area (Å²) in [5.41, 5.74) is -1.00. The number of furan rings is 1. The number of hydrogen-bond donors (Lipinski definition) is 2. The van der Waals surface area contributed by atoms with Crippen LogP contribution < -0.4 is 10.3 Å². The molecule has 6 nitrogen and oxygen atoms in total. The Morgan fingerprint density at radius 1 is 1.14 bits per heavy atom. The molecule has 196 valence electrons. The van der Waals surface area contributed by atoms with Crippen LogP contribution in [-0.4, -0.2) is 35.4 Å². The van der Waals surface area contributed by atoms with Gasteiger partial charge in [-0.2, -0.15) is 5.10 Å². The molecule has 2 unspecified atom stereocenters. The van der Waals surface area contributed by atoms with E-state index in [1.54, 1.807) is 19.1 Å². The van der Waals surface area contributed by atoms with Crippen LogP contribution in [0.2, 0.25) is 0 Å². The Bertz CT molecular complexity index is 1280. The Kier molecular flexibility index (Phi) is 7.45. The molecule has 1 aliphatic rings. The van der Waals surface area contributed by atoms with Crippen LogP contribution in [0.5, 0.6) is 0 Å². The van der Waals surface area contributed by atoms with Crippen LogP contribution in [-0.2, 0) is 4.79 Å². The fourth-order valence-corrected chi connectivity index (χ4v) is 4.58. The zero-order chi connectivity index (χ0) is 26.8. The molecule has 0 fully saturated rings. The third-order valence-corrected chi connectivity index (χ3v) is 6.79. The lowest BCUT2D eigenvalue weighted by Gasteiger charge is -2.37. The van der Waals surface area contributed by atoms with E-state index in [0.29, 0.717) is 36.4 Å². The lowest BCUT2D eigenvalue weighted by molar-refractivity contribution is -0.126. The summed E-state index contributed by atoms with van der Waals surface area (Å²) in [6.45, 7) is 5.82. The Balaban J connectivity index is 1.78. The van der Waals surface area contributed by atoms with Crippen molar-refractivity contribution in [2.75, 3.05) is 18.2 Å². The molecule has 2 aromatic carbocycles. The van der Waals surface area contributed by atoms with Crippen LogP contribution in [0.3, 0.4) is 0 Å². The Labute approximate surface area is 213 Å². The highest BCUT2D eigenvalue weighted by Crippen LogP contribution is 2.45. The third-order valence-electron chi connectivity index (χ3n) is 6.79. The molecule has 2 atom stereocenters. The van der Waals surface area contributed by atoms with E-state index < -0.39 is 34.8 Å². The first-order valence-electron chi connectivity index (χ1n) is 12.1. The number of hydrazone groups is 1. The number of carbonyl (C=O) groups excluding carboxylic acids is 1. The number of aliphatic hydroxyl groups excluding tert-OH is 1. The molecule has 0 spiro atoms. The van der Waals surface area contributed by atoms with E-state index in [1.165, 1.54) is 41.6 Å². The molecule has 1 amide bonds. The molecule has 0 aliphatic carbocycles. The highest BCUT2D eigenvalue weighted by Gasteiger charge is 2.56. The van der Waals surface area contributed by atoms with Gasteiger partial charge in [0.2, 0.25) is 5.91 Å². The fourth-order valence-electron chi connectivity index (χ4n) is 4.58.